The average molecular weight is 177 g/mol. The van der Waals surface area contributed by atoms with Gasteiger partial charge in [-0.1, -0.05) is 27.7 Å². The van der Waals surface area contributed by atoms with E-state index < -0.39 is 0 Å². The molecule has 0 spiro atoms. The summed E-state index contributed by atoms with van der Waals surface area (Å²) in [7, 11) is 0. The highest BCUT2D eigenvalue weighted by Crippen LogP contribution is 2.29. The average Bonchev–Trinajstić information content (AvgIpc) is 2.05. The van der Waals surface area contributed by atoms with Crippen LogP contribution in [0.5, 0.6) is 0 Å². The predicted molar refractivity (Wildman–Crippen MR) is 56.6 cm³/mol. The molecule has 0 radical (unpaired) electrons. The van der Waals surface area contributed by atoms with E-state index in [1.54, 1.807) is 0 Å². The van der Waals surface area contributed by atoms with Gasteiger partial charge in [0, 0.05) is 12.4 Å². The summed E-state index contributed by atoms with van der Waals surface area (Å²) in [4.78, 5) is 4.02. The van der Waals surface area contributed by atoms with Crippen molar-refractivity contribution in [1.82, 2.24) is 4.98 Å². The van der Waals surface area contributed by atoms with Crippen molar-refractivity contribution in [2.45, 2.75) is 34.1 Å². The van der Waals surface area contributed by atoms with Crippen molar-refractivity contribution in [2.75, 3.05) is 0 Å². The van der Waals surface area contributed by atoms with Crippen molar-refractivity contribution in [3.63, 3.8) is 0 Å². The van der Waals surface area contributed by atoms with Crippen LogP contribution < -0.4 is 0 Å². The smallest absolute Gasteiger partial charge is 0.0270 e. The van der Waals surface area contributed by atoms with Crippen LogP contribution in [0.2, 0.25) is 0 Å². The minimum absolute atomic E-state index is 0.376. The lowest BCUT2D eigenvalue weighted by molar-refractivity contribution is 0.248. The van der Waals surface area contributed by atoms with Gasteiger partial charge < -0.3 is 0 Å². The maximum Gasteiger partial charge on any atom is 0.0270 e. The Balaban J connectivity index is 2.69. The standard InChI is InChI=1S/C12H19N/c1-10(2)12(3,4)9-11-5-7-13-8-6-11/h5-8,10H,9H2,1-4H3. The van der Waals surface area contributed by atoms with Crippen LogP contribution in [-0.2, 0) is 6.42 Å². The Labute approximate surface area is 81.2 Å². The Kier molecular flexibility index (Phi) is 3.07. The summed E-state index contributed by atoms with van der Waals surface area (Å²) in [6.07, 6.45) is 4.87. The normalized spacial score (nSPS) is 12.1. The van der Waals surface area contributed by atoms with Crippen LogP contribution >= 0.6 is 0 Å². The van der Waals surface area contributed by atoms with Gasteiger partial charge in [-0.05, 0) is 35.4 Å². The van der Waals surface area contributed by atoms with E-state index in [2.05, 4.69) is 44.8 Å². The fraction of sp³-hybridized carbons (Fsp3) is 0.583. The maximum absolute atomic E-state index is 4.02. The molecule has 0 unspecified atom stereocenters. The first-order valence-corrected chi connectivity index (χ1v) is 4.91. The fourth-order valence-corrected chi connectivity index (χ4v) is 1.23. The molecule has 0 bridgehead atoms. The van der Waals surface area contributed by atoms with E-state index in [9.17, 15) is 0 Å². The molecule has 0 atom stereocenters. The third-order valence-electron chi connectivity index (χ3n) is 2.97. The number of aromatic nitrogens is 1. The zero-order valence-corrected chi connectivity index (χ0v) is 9.04. The number of hydrogen-bond acceptors (Lipinski definition) is 1. The molecule has 0 aliphatic carbocycles. The summed E-state index contributed by atoms with van der Waals surface area (Å²) >= 11 is 0. The van der Waals surface area contributed by atoms with Gasteiger partial charge in [-0.3, -0.25) is 4.98 Å². The maximum atomic E-state index is 4.02. The fourth-order valence-electron chi connectivity index (χ4n) is 1.23. The van der Waals surface area contributed by atoms with E-state index in [1.807, 2.05) is 12.4 Å². The predicted octanol–water partition coefficient (Wildman–Crippen LogP) is 3.31. The molecule has 1 heterocycles. The van der Waals surface area contributed by atoms with E-state index in [4.69, 9.17) is 0 Å². The summed E-state index contributed by atoms with van der Waals surface area (Å²) in [5.41, 5.74) is 1.76. The summed E-state index contributed by atoms with van der Waals surface area (Å²) in [6.45, 7) is 9.19. The largest absolute Gasteiger partial charge is 0.265 e. The third kappa shape index (κ3) is 2.83. The van der Waals surface area contributed by atoms with Crippen molar-refractivity contribution in [1.29, 1.82) is 0 Å². The highest BCUT2D eigenvalue weighted by molar-refractivity contribution is 5.11. The van der Waals surface area contributed by atoms with Gasteiger partial charge in [0.1, 0.15) is 0 Å². The van der Waals surface area contributed by atoms with E-state index in [1.165, 1.54) is 5.56 Å². The van der Waals surface area contributed by atoms with Gasteiger partial charge in [-0.2, -0.15) is 0 Å². The van der Waals surface area contributed by atoms with Gasteiger partial charge >= 0.3 is 0 Å². The molecule has 1 heteroatoms. The number of pyridine rings is 1. The molecule has 0 N–H and O–H groups in total. The van der Waals surface area contributed by atoms with Crippen molar-refractivity contribution in [3.8, 4) is 0 Å². The summed E-state index contributed by atoms with van der Waals surface area (Å²) in [5, 5.41) is 0. The highest BCUT2D eigenvalue weighted by atomic mass is 14.6. The van der Waals surface area contributed by atoms with Gasteiger partial charge in [-0.15, -0.1) is 0 Å². The molecular formula is C12H19N. The van der Waals surface area contributed by atoms with E-state index in [0.717, 1.165) is 6.42 Å². The zero-order chi connectivity index (χ0) is 9.90. The number of hydrogen-bond donors (Lipinski definition) is 0. The first kappa shape index (κ1) is 10.2. The van der Waals surface area contributed by atoms with Crippen LogP contribution in [0.15, 0.2) is 24.5 Å². The third-order valence-corrected chi connectivity index (χ3v) is 2.97. The molecule has 72 valence electrons. The van der Waals surface area contributed by atoms with Crippen LogP contribution in [0.4, 0.5) is 0 Å². The molecule has 0 aliphatic heterocycles. The van der Waals surface area contributed by atoms with Crippen LogP contribution in [0.3, 0.4) is 0 Å². The van der Waals surface area contributed by atoms with Crippen LogP contribution in [0.25, 0.3) is 0 Å². The molecular weight excluding hydrogens is 158 g/mol. The molecule has 1 aromatic rings. The lowest BCUT2D eigenvalue weighted by Crippen LogP contribution is -2.21. The van der Waals surface area contributed by atoms with E-state index >= 15 is 0 Å². The Hall–Kier alpha value is -0.850. The Morgan fingerprint density at radius 3 is 2.23 bits per heavy atom. The van der Waals surface area contributed by atoms with Gasteiger partial charge in [0.2, 0.25) is 0 Å². The van der Waals surface area contributed by atoms with Gasteiger partial charge in [0.25, 0.3) is 0 Å². The van der Waals surface area contributed by atoms with Gasteiger partial charge in [0.05, 0.1) is 0 Å². The molecule has 0 saturated carbocycles. The van der Waals surface area contributed by atoms with Crippen LogP contribution in [-0.4, -0.2) is 4.98 Å². The molecule has 0 saturated heterocycles. The highest BCUT2D eigenvalue weighted by Gasteiger charge is 2.22. The second-order valence-electron chi connectivity index (χ2n) is 4.68. The second-order valence-corrected chi connectivity index (χ2v) is 4.68. The Morgan fingerprint density at radius 1 is 1.23 bits per heavy atom. The molecule has 1 nitrogen and oxygen atoms in total. The van der Waals surface area contributed by atoms with Crippen LogP contribution in [0, 0.1) is 11.3 Å². The van der Waals surface area contributed by atoms with E-state index in [-0.39, 0.29) is 0 Å². The Morgan fingerprint density at radius 2 is 1.77 bits per heavy atom. The lowest BCUT2D eigenvalue weighted by atomic mass is 9.76. The Bertz CT molecular complexity index is 249. The van der Waals surface area contributed by atoms with Crippen LogP contribution in [0.1, 0.15) is 33.3 Å². The molecule has 0 amide bonds. The minimum Gasteiger partial charge on any atom is -0.265 e. The van der Waals surface area contributed by atoms with Crippen molar-refractivity contribution >= 4 is 0 Å². The van der Waals surface area contributed by atoms with E-state index in [0.29, 0.717) is 11.3 Å². The number of rotatable bonds is 3. The monoisotopic (exact) mass is 177 g/mol. The summed E-state index contributed by atoms with van der Waals surface area (Å²) in [5.74, 6) is 0.709. The molecule has 13 heavy (non-hydrogen) atoms. The van der Waals surface area contributed by atoms with Gasteiger partial charge in [-0.25, -0.2) is 0 Å². The summed E-state index contributed by atoms with van der Waals surface area (Å²) < 4.78 is 0. The molecule has 0 aliphatic rings. The molecule has 1 rings (SSSR count). The first-order chi connectivity index (χ1) is 6.02. The van der Waals surface area contributed by atoms with Gasteiger partial charge in [0.15, 0.2) is 0 Å². The zero-order valence-electron chi connectivity index (χ0n) is 9.04. The topological polar surface area (TPSA) is 12.9 Å². The molecule has 0 aromatic carbocycles. The molecule has 0 fully saturated rings. The lowest BCUT2D eigenvalue weighted by Gasteiger charge is -2.29. The number of nitrogens with zero attached hydrogens (tertiary/aromatic N) is 1. The first-order valence-electron chi connectivity index (χ1n) is 4.91. The second kappa shape index (κ2) is 3.91. The van der Waals surface area contributed by atoms with Crippen molar-refractivity contribution < 1.29 is 0 Å². The minimum atomic E-state index is 0.376. The summed E-state index contributed by atoms with van der Waals surface area (Å²) in [6, 6.07) is 4.20. The SMILES string of the molecule is CC(C)C(C)(C)Cc1ccncc1. The molecule has 1 aromatic heterocycles. The van der Waals surface area contributed by atoms with Crippen molar-refractivity contribution in [2.24, 2.45) is 11.3 Å². The quantitative estimate of drug-likeness (QED) is 0.690. The van der Waals surface area contributed by atoms with Crippen molar-refractivity contribution in [3.05, 3.63) is 30.1 Å².